The molecule has 0 saturated heterocycles. The minimum Gasteiger partial charge on any atom is -0.459 e. The summed E-state index contributed by atoms with van der Waals surface area (Å²) in [6.07, 6.45) is 3.26. The van der Waals surface area contributed by atoms with Crippen molar-refractivity contribution in [3.63, 3.8) is 0 Å². The number of halogens is 1. The van der Waals surface area contributed by atoms with E-state index in [1.54, 1.807) is 41.3 Å². The second kappa shape index (κ2) is 7.29. The zero-order valence-corrected chi connectivity index (χ0v) is 15.2. The summed E-state index contributed by atoms with van der Waals surface area (Å²) in [5, 5.41) is 3.37. The monoisotopic (exact) mass is 380 g/mol. The van der Waals surface area contributed by atoms with Crippen molar-refractivity contribution in [1.82, 2.24) is 0 Å². The zero-order chi connectivity index (χ0) is 18.8. The maximum atomic E-state index is 12.7. The predicted molar refractivity (Wildman–Crippen MR) is 105 cm³/mol. The van der Waals surface area contributed by atoms with Crippen molar-refractivity contribution < 1.29 is 14.0 Å². The number of hydrogen-bond donors (Lipinski definition) is 1. The number of aryl methyl sites for hydroxylation is 1. The van der Waals surface area contributed by atoms with E-state index in [1.807, 2.05) is 18.2 Å². The topological polar surface area (TPSA) is 62.6 Å². The first-order chi connectivity index (χ1) is 13.1. The van der Waals surface area contributed by atoms with Crippen molar-refractivity contribution in [1.29, 1.82) is 0 Å². The lowest BCUT2D eigenvalue weighted by Crippen LogP contribution is -2.35. The number of rotatable bonds is 3. The van der Waals surface area contributed by atoms with Gasteiger partial charge in [0.05, 0.1) is 6.26 Å². The molecule has 1 aliphatic heterocycles. The number of carbonyl (C=O) groups excluding carboxylic acids is 2. The molecule has 2 heterocycles. The molecule has 5 nitrogen and oxygen atoms in total. The highest BCUT2D eigenvalue weighted by Crippen LogP contribution is 2.31. The van der Waals surface area contributed by atoms with Crippen LogP contribution in [0.4, 0.5) is 11.4 Å². The first kappa shape index (κ1) is 17.4. The fourth-order valence-electron chi connectivity index (χ4n) is 3.23. The van der Waals surface area contributed by atoms with Crippen LogP contribution < -0.4 is 10.2 Å². The molecule has 0 bridgehead atoms. The number of amides is 2. The van der Waals surface area contributed by atoms with Gasteiger partial charge in [0.1, 0.15) is 0 Å². The number of benzene rings is 2. The number of fused-ring (bicyclic) bond motifs is 1. The standard InChI is InChI=1S/C21H17ClN2O3/c22-16-6-1-4-15(12-16)20(25)23-17-9-8-14-5-2-10-24(18(14)13-17)21(26)19-7-3-11-27-19/h1,3-4,6-9,11-13H,2,5,10H2,(H,23,25). The number of anilines is 2. The van der Waals surface area contributed by atoms with Crippen LogP contribution in [0.1, 0.15) is 32.9 Å². The normalized spacial score (nSPS) is 13.1. The molecule has 27 heavy (non-hydrogen) atoms. The molecule has 3 aromatic rings. The second-order valence-corrected chi connectivity index (χ2v) is 6.78. The van der Waals surface area contributed by atoms with Gasteiger partial charge >= 0.3 is 0 Å². The SMILES string of the molecule is O=C(Nc1ccc2c(c1)N(C(=O)c1ccco1)CCC2)c1cccc(Cl)c1. The molecule has 1 N–H and O–H groups in total. The number of nitrogens with zero attached hydrogens (tertiary/aromatic N) is 1. The molecule has 1 aliphatic rings. The Kier molecular flexibility index (Phi) is 4.69. The third kappa shape index (κ3) is 3.59. The Hall–Kier alpha value is -3.05. The summed E-state index contributed by atoms with van der Waals surface area (Å²) < 4.78 is 5.25. The summed E-state index contributed by atoms with van der Waals surface area (Å²) in [6.45, 7) is 0.609. The number of furan rings is 1. The lowest BCUT2D eigenvalue weighted by atomic mass is 10.0. The van der Waals surface area contributed by atoms with Gasteiger partial charge in [-0.15, -0.1) is 0 Å². The number of hydrogen-bond acceptors (Lipinski definition) is 3. The Morgan fingerprint density at radius 3 is 2.74 bits per heavy atom. The second-order valence-electron chi connectivity index (χ2n) is 6.35. The zero-order valence-electron chi connectivity index (χ0n) is 14.4. The van der Waals surface area contributed by atoms with Crippen molar-refractivity contribution in [2.24, 2.45) is 0 Å². The van der Waals surface area contributed by atoms with Crippen LogP contribution in [0, 0.1) is 0 Å². The van der Waals surface area contributed by atoms with Crippen LogP contribution >= 0.6 is 11.6 Å². The molecule has 0 spiro atoms. The van der Waals surface area contributed by atoms with E-state index in [1.165, 1.54) is 6.26 Å². The summed E-state index contributed by atoms with van der Waals surface area (Å²) in [4.78, 5) is 26.9. The lowest BCUT2D eigenvalue weighted by molar-refractivity contribution is 0.0958. The molecule has 0 unspecified atom stereocenters. The van der Waals surface area contributed by atoms with E-state index in [0.717, 1.165) is 24.1 Å². The predicted octanol–water partition coefficient (Wildman–Crippen LogP) is 4.78. The van der Waals surface area contributed by atoms with Crippen molar-refractivity contribution in [2.75, 3.05) is 16.8 Å². The summed E-state index contributed by atoms with van der Waals surface area (Å²) >= 11 is 5.96. The molecule has 2 amide bonds. The Balaban J connectivity index is 1.61. The highest BCUT2D eigenvalue weighted by Gasteiger charge is 2.25. The highest BCUT2D eigenvalue weighted by atomic mass is 35.5. The average Bonchev–Trinajstić information content (AvgIpc) is 3.22. The Bertz CT molecular complexity index is 998. The molecule has 136 valence electrons. The summed E-state index contributed by atoms with van der Waals surface area (Å²) in [7, 11) is 0. The third-order valence-corrected chi connectivity index (χ3v) is 4.76. The highest BCUT2D eigenvalue weighted by molar-refractivity contribution is 6.31. The van der Waals surface area contributed by atoms with Crippen molar-refractivity contribution in [3.05, 3.63) is 82.8 Å². The van der Waals surface area contributed by atoms with E-state index in [0.29, 0.717) is 28.6 Å². The van der Waals surface area contributed by atoms with E-state index in [4.69, 9.17) is 16.0 Å². The van der Waals surface area contributed by atoms with Crippen LogP contribution in [0.2, 0.25) is 5.02 Å². The van der Waals surface area contributed by atoms with Crippen LogP contribution in [0.5, 0.6) is 0 Å². The van der Waals surface area contributed by atoms with E-state index in [-0.39, 0.29) is 11.8 Å². The van der Waals surface area contributed by atoms with Gasteiger partial charge in [-0.2, -0.15) is 0 Å². The maximum absolute atomic E-state index is 12.7. The van der Waals surface area contributed by atoms with E-state index in [2.05, 4.69) is 5.32 Å². The summed E-state index contributed by atoms with van der Waals surface area (Å²) in [5.41, 5.74) is 2.97. The van der Waals surface area contributed by atoms with Gasteiger partial charge < -0.3 is 14.6 Å². The first-order valence-electron chi connectivity index (χ1n) is 8.67. The van der Waals surface area contributed by atoms with Crippen molar-refractivity contribution in [2.45, 2.75) is 12.8 Å². The van der Waals surface area contributed by atoms with Crippen molar-refractivity contribution >= 4 is 34.8 Å². The van der Waals surface area contributed by atoms with Crippen molar-refractivity contribution in [3.8, 4) is 0 Å². The smallest absolute Gasteiger partial charge is 0.293 e. The molecule has 1 aromatic heterocycles. The minimum atomic E-state index is -0.253. The van der Waals surface area contributed by atoms with Gasteiger partial charge in [-0.1, -0.05) is 23.7 Å². The molecule has 6 heteroatoms. The number of carbonyl (C=O) groups is 2. The Morgan fingerprint density at radius 1 is 1.07 bits per heavy atom. The average molecular weight is 381 g/mol. The van der Waals surface area contributed by atoms with Crippen LogP contribution in [0.25, 0.3) is 0 Å². The molecule has 2 aromatic carbocycles. The molecule has 0 atom stereocenters. The summed E-state index contributed by atoms with van der Waals surface area (Å²) in [6, 6.07) is 15.7. The van der Waals surface area contributed by atoms with Gasteiger partial charge in [-0.05, 0) is 60.9 Å². The first-order valence-corrected chi connectivity index (χ1v) is 9.05. The van der Waals surface area contributed by atoms with E-state index in [9.17, 15) is 9.59 Å². The Morgan fingerprint density at radius 2 is 1.96 bits per heavy atom. The van der Waals surface area contributed by atoms with Gasteiger partial charge in [0.2, 0.25) is 0 Å². The van der Waals surface area contributed by atoms with Crippen LogP contribution in [-0.4, -0.2) is 18.4 Å². The lowest BCUT2D eigenvalue weighted by Gasteiger charge is -2.29. The largest absolute Gasteiger partial charge is 0.459 e. The van der Waals surface area contributed by atoms with Crippen LogP contribution in [0.3, 0.4) is 0 Å². The van der Waals surface area contributed by atoms with Crippen LogP contribution in [-0.2, 0) is 6.42 Å². The minimum absolute atomic E-state index is 0.181. The molecular weight excluding hydrogens is 364 g/mol. The van der Waals surface area contributed by atoms with Gasteiger partial charge in [-0.3, -0.25) is 9.59 Å². The molecule has 0 saturated carbocycles. The van der Waals surface area contributed by atoms with E-state index < -0.39 is 0 Å². The molecular formula is C21H17ClN2O3. The summed E-state index contributed by atoms with van der Waals surface area (Å²) in [5.74, 6) is -0.132. The third-order valence-electron chi connectivity index (χ3n) is 4.53. The molecule has 0 fully saturated rings. The van der Waals surface area contributed by atoms with Gasteiger partial charge in [0.15, 0.2) is 5.76 Å². The van der Waals surface area contributed by atoms with Gasteiger partial charge in [0, 0.05) is 28.5 Å². The fourth-order valence-corrected chi connectivity index (χ4v) is 3.42. The quantitative estimate of drug-likeness (QED) is 0.711. The molecule has 4 rings (SSSR count). The molecule has 0 aliphatic carbocycles. The molecule has 0 radical (unpaired) electrons. The Labute approximate surface area is 161 Å². The van der Waals surface area contributed by atoms with Gasteiger partial charge in [0.25, 0.3) is 11.8 Å². The maximum Gasteiger partial charge on any atom is 0.293 e. The fraction of sp³-hybridized carbons (Fsp3) is 0.143. The number of nitrogens with one attached hydrogen (secondary N) is 1. The van der Waals surface area contributed by atoms with Gasteiger partial charge in [-0.25, -0.2) is 0 Å². The van der Waals surface area contributed by atoms with Crippen LogP contribution in [0.15, 0.2) is 65.3 Å². The van der Waals surface area contributed by atoms with E-state index >= 15 is 0 Å².